The third-order valence-electron chi connectivity index (χ3n) is 2.68. The van der Waals surface area contributed by atoms with Crippen molar-refractivity contribution in [2.24, 2.45) is 0 Å². The summed E-state index contributed by atoms with van der Waals surface area (Å²) in [6.07, 6.45) is 2.39. The third-order valence-corrected chi connectivity index (χ3v) is 3.65. The average molecular weight is 212 g/mol. The Kier molecular flexibility index (Phi) is 2.85. The molecule has 0 aliphatic carbocycles. The smallest absolute Gasteiger partial charge is 0.0956 e. The summed E-state index contributed by atoms with van der Waals surface area (Å²) < 4.78 is 0. The second kappa shape index (κ2) is 3.96. The average Bonchev–Trinajstić information content (AvgIpc) is 2.51. The number of nitrogens with zero attached hydrogens (tertiary/aromatic N) is 1. The van der Waals surface area contributed by atoms with Crippen molar-refractivity contribution >= 4 is 11.3 Å². The molecule has 0 aromatic carbocycles. The topological polar surface area (TPSA) is 45.1 Å². The summed E-state index contributed by atoms with van der Waals surface area (Å²) in [5, 5.41) is 16.6. The van der Waals surface area contributed by atoms with E-state index in [0.29, 0.717) is 6.42 Å². The lowest BCUT2D eigenvalue weighted by molar-refractivity contribution is 0.0108. The van der Waals surface area contributed by atoms with Crippen molar-refractivity contribution in [3.8, 4) is 0 Å². The Morgan fingerprint density at radius 3 is 2.86 bits per heavy atom. The van der Waals surface area contributed by atoms with Crippen LogP contribution in [0.1, 0.15) is 23.5 Å². The van der Waals surface area contributed by atoms with Gasteiger partial charge < -0.3 is 10.4 Å². The predicted octanol–water partition coefficient (Wildman–Crippen LogP) is 1.11. The number of rotatable bonds is 2. The van der Waals surface area contributed by atoms with Gasteiger partial charge in [-0.2, -0.15) is 0 Å². The van der Waals surface area contributed by atoms with Gasteiger partial charge in [0.2, 0.25) is 0 Å². The van der Waals surface area contributed by atoms with Gasteiger partial charge in [-0.3, -0.25) is 0 Å². The Hall–Kier alpha value is -0.450. The predicted molar refractivity (Wildman–Crippen MR) is 57.6 cm³/mol. The molecule has 0 amide bonds. The van der Waals surface area contributed by atoms with Crippen LogP contribution in [-0.2, 0) is 6.42 Å². The normalized spacial score (nSPS) is 21.0. The Morgan fingerprint density at radius 2 is 2.29 bits per heavy atom. The van der Waals surface area contributed by atoms with E-state index in [0.717, 1.165) is 36.6 Å². The van der Waals surface area contributed by atoms with Crippen molar-refractivity contribution in [2.45, 2.75) is 31.8 Å². The molecule has 1 aromatic rings. The molecule has 1 aromatic heterocycles. The summed E-state index contributed by atoms with van der Waals surface area (Å²) in [4.78, 5) is 4.39. The van der Waals surface area contributed by atoms with Crippen molar-refractivity contribution in [1.29, 1.82) is 0 Å². The first kappa shape index (κ1) is 10.1. The molecule has 2 N–H and O–H groups in total. The molecule has 1 aliphatic heterocycles. The number of hydrogen-bond donors (Lipinski definition) is 2. The molecule has 2 rings (SSSR count). The first-order valence-electron chi connectivity index (χ1n) is 5.02. The molecule has 2 heterocycles. The molecule has 0 radical (unpaired) electrons. The first-order chi connectivity index (χ1) is 6.68. The Bertz CT molecular complexity index is 305. The van der Waals surface area contributed by atoms with Crippen LogP contribution in [0.15, 0.2) is 5.38 Å². The van der Waals surface area contributed by atoms with Crippen LogP contribution in [0, 0.1) is 6.92 Å². The van der Waals surface area contributed by atoms with Crippen molar-refractivity contribution in [1.82, 2.24) is 10.3 Å². The molecule has 78 valence electrons. The van der Waals surface area contributed by atoms with E-state index in [4.69, 9.17) is 0 Å². The highest BCUT2D eigenvalue weighted by Gasteiger charge is 2.30. The van der Waals surface area contributed by atoms with Crippen LogP contribution in [0.5, 0.6) is 0 Å². The molecule has 0 atom stereocenters. The van der Waals surface area contributed by atoms with E-state index < -0.39 is 5.60 Å². The van der Waals surface area contributed by atoms with E-state index in [-0.39, 0.29) is 0 Å². The van der Waals surface area contributed by atoms with Gasteiger partial charge in [0.1, 0.15) is 0 Å². The van der Waals surface area contributed by atoms with Gasteiger partial charge in [-0.1, -0.05) is 0 Å². The maximum absolute atomic E-state index is 10.3. The highest BCUT2D eigenvalue weighted by atomic mass is 32.1. The molecule has 1 fully saturated rings. The van der Waals surface area contributed by atoms with Crippen LogP contribution >= 0.6 is 11.3 Å². The maximum atomic E-state index is 10.3. The second-order valence-electron chi connectivity index (χ2n) is 4.03. The fourth-order valence-corrected chi connectivity index (χ4v) is 2.74. The van der Waals surface area contributed by atoms with Gasteiger partial charge in [0, 0.05) is 17.5 Å². The molecule has 0 saturated carbocycles. The number of hydrogen-bond acceptors (Lipinski definition) is 4. The summed E-state index contributed by atoms with van der Waals surface area (Å²) in [5.41, 5.74) is 0.540. The number of aryl methyl sites for hydroxylation is 1. The highest BCUT2D eigenvalue weighted by Crippen LogP contribution is 2.24. The van der Waals surface area contributed by atoms with Gasteiger partial charge in [-0.15, -0.1) is 11.3 Å². The SMILES string of the molecule is Cc1csc(CC2(O)CCNCC2)n1. The molecule has 0 spiro atoms. The monoisotopic (exact) mass is 212 g/mol. The van der Waals surface area contributed by atoms with Crippen LogP contribution in [-0.4, -0.2) is 28.8 Å². The minimum Gasteiger partial charge on any atom is -0.389 e. The Labute approximate surface area is 88.2 Å². The number of piperidine rings is 1. The van der Waals surface area contributed by atoms with Crippen LogP contribution < -0.4 is 5.32 Å². The van der Waals surface area contributed by atoms with Crippen LogP contribution in [0.25, 0.3) is 0 Å². The Morgan fingerprint density at radius 1 is 1.57 bits per heavy atom. The van der Waals surface area contributed by atoms with Crippen molar-refractivity contribution in [3.05, 3.63) is 16.1 Å². The molecule has 14 heavy (non-hydrogen) atoms. The first-order valence-corrected chi connectivity index (χ1v) is 5.90. The van der Waals surface area contributed by atoms with Crippen LogP contribution in [0.2, 0.25) is 0 Å². The zero-order valence-corrected chi connectivity index (χ0v) is 9.23. The molecule has 4 heteroatoms. The zero-order chi connectivity index (χ0) is 10.0. The molecule has 3 nitrogen and oxygen atoms in total. The number of thiazole rings is 1. The second-order valence-corrected chi connectivity index (χ2v) is 4.98. The van der Waals surface area contributed by atoms with Crippen molar-refractivity contribution in [2.75, 3.05) is 13.1 Å². The number of nitrogens with one attached hydrogen (secondary N) is 1. The largest absolute Gasteiger partial charge is 0.389 e. The lowest BCUT2D eigenvalue weighted by Gasteiger charge is -2.31. The lowest BCUT2D eigenvalue weighted by Crippen LogP contribution is -2.43. The maximum Gasteiger partial charge on any atom is 0.0956 e. The molecule has 0 bridgehead atoms. The standard InChI is InChI=1S/C10H16N2OS/c1-8-7-14-9(12-8)6-10(13)2-4-11-5-3-10/h7,11,13H,2-6H2,1H3. The lowest BCUT2D eigenvalue weighted by atomic mass is 9.89. The molecule has 1 saturated heterocycles. The van der Waals surface area contributed by atoms with E-state index in [1.807, 2.05) is 12.3 Å². The minimum absolute atomic E-state index is 0.518. The molecular weight excluding hydrogens is 196 g/mol. The minimum atomic E-state index is -0.518. The summed E-state index contributed by atoms with van der Waals surface area (Å²) in [7, 11) is 0. The summed E-state index contributed by atoms with van der Waals surface area (Å²) in [6, 6.07) is 0. The van der Waals surface area contributed by atoms with Crippen LogP contribution in [0.4, 0.5) is 0 Å². The third kappa shape index (κ3) is 2.32. The van der Waals surface area contributed by atoms with E-state index >= 15 is 0 Å². The molecular formula is C10H16N2OS. The van der Waals surface area contributed by atoms with Crippen LogP contribution in [0.3, 0.4) is 0 Å². The van der Waals surface area contributed by atoms with Gasteiger partial charge in [0.05, 0.1) is 10.6 Å². The fraction of sp³-hybridized carbons (Fsp3) is 0.700. The van der Waals surface area contributed by atoms with E-state index in [2.05, 4.69) is 10.3 Å². The van der Waals surface area contributed by atoms with Gasteiger partial charge in [-0.25, -0.2) is 4.98 Å². The molecule has 1 aliphatic rings. The quantitative estimate of drug-likeness (QED) is 0.772. The Balaban J connectivity index is 2.01. The van der Waals surface area contributed by atoms with Crippen molar-refractivity contribution in [3.63, 3.8) is 0 Å². The highest BCUT2D eigenvalue weighted by molar-refractivity contribution is 7.09. The van der Waals surface area contributed by atoms with Gasteiger partial charge in [-0.05, 0) is 32.9 Å². The van der Waals surface area contributed by atoms with Crippen molar-refractivity contribution < 1.29 is 5.11 Å². The summed E-state index contributed by atoms with van der Waals surface area (Å²) in [6.45, 7) is 3.83. The van der Waals surface area contributed by atoms with Gasteiger partial charge >= 0.3 is 0 Å². The van der Waals surface area contributed by atoms with E-state index in [9.17, 15) is 5.11 Å². The molecule has 0 unspecified atom stereocenters. The van der Waals surface area contributed by atoms with Gasteiger partial charge in [0.15, 0.2) is 0 Å². The van der Waals surface area contributed by atoms with E-state index in [1.54, 1.807) is 11.3 Å². The fourth-order valence-electron chi connectivity index (χ4n) is 1.83. The number of aliphatic hydroxyl groups is 1. The summed E-state index contributed by atoms with van der Waals surface area (Å²) >= 11 is 1.65. The zero-order valence-electron chi connectivity index (χ0n) is 8.42. The van der Waals surface area contributed by atoms with Gasteiger partial charge in [0.25, 0.3) is 0 Å². The number of aromatic nitrogens is 1. The summed E-state index contributed by atoms with van der Waals surface area (Å²) in [5.74, 6) is 0. The van der Waals surface area contributed by atoms with E-state index in [1.165, 1.54) is 0 Å².